The van der Waals surface area contributed by atoms with E-state index in [9.17, 15) is 9.59 Å². The Morgan fingerprint density at radius 1 is 1.00 bits per heavy atom. The number of halogens is 1. The SMILES string of the molecule is Cc1ccc(C(=O)NCC(C)(C)N)cc1NC(=O)c1ccccc1.Cl. The maximum Gasteiger partial charge on any atom is 0.255 e. The number of hydrogen-bond donors (Lipinski definition) is 3. The monoisotopic (exact) mass is 361 g/mol. The minimum Gasteiger partial charge on any atom is -0.350 e. The average Bonchev–Trinajstić information content (AvgIpc) is 2.54. The third-order valence-electron chi connectivity index (χ3n) is 3.49. The topological polar surface area (TPSA) is 84.2 Å². The van der Waals surface area contributed by atoms with Crippen molar-refractivity contribution in [1.29, 1.82) is 0 Å². The highest BCUT2D eigenvalue weighted by atomic mass is 35.5. The highest BCUT2D eigenvalue weighted by Gasteiger charge is 2.15. The molecule has 5 nitrogen and oxygen atoms in total. The molecular weight excluding hydrogens is 338 g/mol. The average molecular weight is 362 g/mol. The van der Waals surface area contributed by atoms with Crippen LogP contribution in [0.25, 0.3) is 0 Å². The fraction of sp³-hybridized carbons (Fsp3) is 0.263. The molecule has 0 fully saturated rings. The van der Waals surface area contributed by atoms with Gasteiger partial charge in [0.25, 0.3) is 11.8 Å². The van der Waals surface area contributed by atoms with Crippen molar-refractivity contribution in [2.75, 3.05) is 11.9 Å². The Balaban J connectivity index is 0.00000312. The van der Waals surface area contributed by atoms with E-state index in [1.54, 1.807) is 36.4 Å². The Morgan fingerprint density at radius 3 is 2.24 bits per heavy atom. The van der Waals surface area contributed by atoms with E-state index in [1.165, 1.54) is 0 Å². The van der Waals surface area contributed by atoms with Crippen LogP contribution in [0.3, 0.4) is 0 Å². The van der Waals surface area contributed by atoms with Gasteiger partial charge in [-0.2, -0.15) is 0 Å². The third-order valence-corrected chi connectivity index (χ3v) is 3.49. The zero-order valence-corrected chi connectivity index (χ0v) is 15.4. The molecular formula is C19H24ClN3O2. The number of aryl methyl sites for hydroxylation is 1. The van der Waals surface area contributed by atoms with Crippen LogP contribution in [0.2, 0.25) is 0 Å². The third kappa shape index (κ3) is 6.21. The highest BCUT2D eigenvalue weighted by Crippen LogP contribution is 2.18. The first-order valence-electron chi connectivity index (χ1n) is 7.80. The van der Waals surface area contributed by atoms with Crippen LogP contribution >= 0.6 is 12.4 Å². The van der Waals surface area contributed by atoms with Gasteiger partial charge in [-0.3, -0.25) is 9.59 Å². The van der Waals surface area contributed by atoms with Crippen LogP contribution in [-0.4, -0.2) is 23.9 Å². The minimum atomic E-state index is -0.481. The van der Waals surface area contributed by atoms with Crippen molar-refractivity contribution < 1.29 is 9.59 Å². The van der Waals surface area contributed by atoms with Gasteiger partial charge in [-0.25, -0.2) is 0 Å². The van der Waals surface area contributed by atoms with Crippen LogP contribution in [0.15, 0.2) is 48.5 Å². The van der Waals surface area contributed by atoms with Crippen molar-refractivity contribution >= 4 is 29.9 Å². The van der Waals surface area contributed by atoms with Crippen molar-refractivity contribution in [1.82, 2.24) is 5.32 Å². The summed E-state index contributed by atoms with van der Waals surface area (Å²) in [6.07, 6.45) is 0. The highest BCUT2D eigenvalue weighted by molar-refractivity contribution is 6.05. The summed E-state index contributed by atoms with van der Waals surface area (Å²) in [4.78, 5) is 24.5. The lowest BCUT2D eigenvalue weighted by molar-refractivity contribution is 0.0945. The lowest BCUT2D eigenvalue weighted by Crippen LogP contribution is -2.45. The zero-order valence-electron chi connectivity index (χ0n) is 14.6. The number of amides is 2. The Kier molecular flexibility index (Phi) is 7.15. The van der Waals surface area contributed by atoms with Gasteiger partial charge < -0.3 is 16.4 Å². The van der Waals surface area contributed by atoms with Crippen molar-refractivity contribution in [3.63, 3.8) is 0 Å². The van der Waals surface area contributed by atoms with E-state index in [0.717, 1.165) is 5.56 Å². The fourth-order valence-electron chi connectivity index (χ4n) is 2.09. The molecule has 2 rings (SSSR count). The number of hydrogen-bond acceptors (Lipinski definition) is 3. The summed E-state index contributed by atoms with van der Waals surface area (Å²) in [5, 5.41) is 5.64. The second-order valence-corrected chi connectivity index (χ2v) is 6.52. The predicted octanol–water partition coefficient (Wildman–Crippen LogP) is 3.14. The van der Waals surface area contributed by atoms with Gasteiger partial charge in [-0.1, -0.05) is 24.3 Å². The van der Waals surface area contributed by atoms with Crippen LogP contribution in [0.5, 0.6) is 0 Å². The Hall–Kier alpha value is -2.37. The number of anilines is 1. The molecule has 6 heteroatoms. The van der Waals surface area contributed by atoms with Crippen LogP contribution in [0, 0.1) is 6.92 Å². The summed E-state index contributed by atoms with van der Waals surface area (Å²) >= 11 is 0. The van der Waals surface area contributed by atoms with Gasteiger partial charge in [0.2, 0.25) is 0 Å². The summed E-state index contributed by atoms with van der Waals surface area (Å²) in [7, 11) is 0. The van der Waals surface area contributed by atoms with Crippen LogP contribution in [0.1, 0.15) is 40.1 Å². The van der Waals surface area contributed by atoms with Crippen LogP contribution in [0.4, 0.5) is 5.69 Å². The lowest BCUT2D eigenvalue weighted by Gasteiger charge is -2.19. The van der Waals surface area contributed by atoms with E-state index in [0.29, 0.717) is 23.4 Å². The molecule has 0 unspecified atom stereocenters. The Bertz CT molecular complexity index is 740. The smallest absolute Gasteiger partial charge is 0.255 e. The number of carbonyl (C=O) groups is 2. The first-order chi connectivity index (χ1) is 11.3. The number of carbonyl (C=O) groups excluding carboxylic acids is 2. The molecule has 0 aliphatic heterocycles. The minimum absolute atomic E-state index is 0. The van der Waals surface area contributed by atoms with E-state index >= 15 is 0 Å². The Labute approximate surface area is 154 Å². The van der Waals surface area contributed by atoms with Gasteiger partial charge in [0.1, 0.15) is 0 Å². The van der Waals surface area contributed by atoms with Gasteiger partial charge in [0.05, 0.1) is 0 Å². The molecule has 0 atom stereocenters. The summed E-state index contributed by atoms with van der Waals surface area (Å²) < 4.78 is 0. The van der Waals surface area contributed by atoms with E-state index in [-0.39, 0.29) is 24.2 Å². The van der Waals surface area contributed by atoms with Crippen molar-refractivity contribution in [2.45, 2.75) is 26.3 Å². The summed E-state index contributed by atoms with van der Waals surface area (Å²) in [6.45, 7) is 5.93. The van der Waals surface area contributed by atoms with Gasteiger partial charge in [0.15, 0.2) is 0 Å². The van der Waals surface area contributed by atoms with E-state index in [1.807, 2.05) is 32.9 Å². The molecule has 0 aliphatic carbocycles. The molecule has 0 saturated heterocycles. The number of nitrogens with two attached hydrogens (primary N) is 1. The Morgan fingerprint density at radius 2 is 1.64 bits per heavy atom. The first kappa shape index (κ1) is 20.7. The van der Waals surface area contributed by atoms with Crippen molar-refractivity contribution in [3.05, 3.63) is 65.2 Å². The number of benzene rings is 2. The van der Waals surface area contributed by atoms with Gasteiger partial charge >= 0.3 is 0 Å². The molecule has 134 valence electrons. The fourth-order valence-corrected chi connectivity index (χ4v) is 2.09. The molecule has 0 saturated carbocycles. The molecule has 0 spiro atoms. The molecule has 0 aliphatic rings. The van der Waals surface area contributed by atoms with Crippen molar-refractivity contribution in [3.8, 4) is 0 Å². The predicted molar refractivity (Wildman–Crippen MR) is 103 cm³/mol. The summed E-state index contributed by atoms with van der Waals surface area (Å²) in [6, 6.07) is 14.2. The molecule has 0 radical (unpaired) electrons. The van der Waals surface area contributed by atoms with Gasteiger partial charge in [0, 0.05) is 28.9 Å². The van der Waals surface area contributed by atoms with Crippen LogP contribution in [-0.2, 0) is 0 Å². The normalized spacial score (nSPS) is 10.6. The standard InChI is InChI=1S/C19H23N3O2.ClH/c1-13-9-10-15(17(23)21-12-19(2,3)20)11-16(13)22-18(24)14-7-5-4-6-8-14;/h4-11H,12,20H2,1-3H3,(H,21,23)(H,22,24);1H. The zero-order chi connectivity index (χ0) is 17.7. The molecule has 2 aromatic carbocycles. The first-order valence-corrected chi connectivity index (χ1v) is 7.80. The second-order valence-electron chi connectivity index (χ2n) is 6.52. The number of rotatable bonds is 5. The van der Waals surface area contributed by atoms with E-state index < -0.39 is 5.54 Å². The summed E-state index contributed by atoms with van der Waals surface area (Å²) in [5.41, 5.74) is 7.94. The molecule has 25 heavy (non-hydrogen) atoms. The molecule has 4 N–H and O–H groups in total. The van der Waals surface area contributed by atoms with E-state index in [2.05, 4.69) is 10.6 Å². The molecule has 2 amide bonds. The number of nitrogens with one attached hydrogen (secondary N) is 2. The largest absolute Gasteiger partial charge is 0.350 e. The van der Waals surface area contributed by atoms with E-state index in [4.69, 9.17) is 5.73 Å². The molecule has 0 aromatic heterocycles. The second kappa shape index (κ2) is 8.65. The van der Waals surface area contributed by atoms with Gasteiger partial charge in [-0.05, 0) is 50.6 Å². The quantitative estimate of drug-likeness (QED) is 0.764. The maximum absolute atomic E-state index is 12.3. The van der Waals surface area contributed by atoms with Gasteiger partial charge in [-0.15, -0.1) is 12.4 Å². The van der Waals surface area contributed by atoms with Crippen molar-refractivity contribution in [2.24, 2.45) is 5.73 Å². The molecule has 0 heterocycles. The maximum atomic E-state index is 12.3. The summed E-state index contributed by atoms with van der Waals surface area (Å²) in [5.74, 6) is -0.428. The molecule has 0 bridgehead atoms. The van der Waals surface area contributed by atoms with Crippen LogP contribution < -0.4 is 16.4 Å². The lowest BCUT2D eigenvalue weighted by atomic mass is 10.1. The molecule has 2 aromatic rings.